The molecule has 0 heterocycles. The lowest BCUT2D eigenvalue weighted by Gasteiger charge is -2.07. The molecule has 0 fully saturated rings. The van der Waals surface area contributed by atoms with Gasteiger partial charge in [0.2, 0.25) is 0 Å². The van der Waals surface area contributed by atoms with E-state index in [0.717, 1.165) is 5.69 Å². The molecular formula is C10H13N3O2. The molecule has 0 aliphatic rings. The van der Waals surface area contributed by atoms with E-state index in [1.165, 1.54) is 6.92 Å². The summed E-state index contributed by atoms with van der Waals surface area (Å²) >= 11 is 0. The zero-order chi connectivity index (χ0) is 11.3. The molecule has 1 rings (SSSR count). The first-order valence-corrected chi connectivity index (χ1v) is 4.43. The van der Waals surface area contributed by atoms with E-state index in [2.05, 4.69) is 10.6 Å². The number of rotatable bonds is 2. The standard InChI is InChI=1S/C10H13N3O2/c1-7(14)15-9-5-3-8(4-6-9)13-10(11)12-2/h3-6H,1-2H3,(H3,11,12,13). The summed E-state index contributed by atoms with van der Waals surface area (Å²) in [4.78, 5) is 10.6. The van der Waals surface area contributed by atoms with E-state index in [1.807, 2.05) is 0 Å². The van der Waals surface area contributed by atoms with Crippen LogP contribution in [0, 0.1) is 5.41 Å². The van der Waals surface area contributed by atoms with Gasteiger partial charge in [0.1, 0.15) is 5.75 Å². The van der Waals surface area contributed by atoms with Crippen LogP contribution < -0.4 is 15.4 Å². The Morgan fingerprint density at radius 3 is 2.40 bits per heavy atom. The number of benzene rings is 1. The molecule has 0 bridgehead atoms. The van der Waals surface area contributed by atoms with Gasteiger partial charge in [0.05, 0.1) is 0 Å². The van der Waals surface area contributed by atoms with Crippen molar-refractivity contribution in [3.05, 3.63) is 24.3 Å². The smallest absolute Gasteiger partial charge is 0.308 e. The second kappa shape index (κ2) is 4.99. The largest absolute Gasteiger partial charge is 0.427 e. The van der Waals surface area contributed by atoms with E-state index in [1.54, 1.807) is 31.3 Å². The molecule has 1 aromatic rings. The highest BCUT2D eigenvalue weighted by atomic mass is 16.5. The van der Waals surface area contributed by atoms with Crippen molar-refractivity contribution in [2.24, 2.45) is 0 Å². The molecule has 0 saturated carbocycles. The molecule has 3 N–H and O–H groups in total. The number of carbonyl (C=O) groups is 1. The Morgan fingerprint density at radius 1 is 1.33 bits per heavy atom. The van der Waals surface area contributed by atoms with Gasteiger partial charge in [-0.25, -0.2) is 0 Å². The predicted octanol–water partition coefficient (Wildman–Crippen LogP) is 1.18. The van der Waals surface area contributed by atoms with Crippen molar-refractivity contribution in [1.82, 2.24) is 5.32 Å². The van der Waals surface area contributed by atoms with Gasteiger partial charge in [0.25, 0.3) is 0 Å². The fourth-order valence-electron chi connectivity index (χ4n) is 0.979. The normalized spacial score (nSPS) is 9.20. The van der Waals surface area contributed by atoms with Crippen LogP contribution in [0.3, 0.4) is 0 Å². The van der Waals surface area contributed by atoms with Crippen LogP contribution in [-0.2, 0) is 4.79 Å². The van der Waals surface area contributed by atoms with Gasteiger partial charge < -0.3 is 15.4 Å². The third kappa shape index (κ3) is 3.68. The number of hydrogen-bond donors (Lipinski definition) is 3. The van der Waals surface area contributed by atoms with Crippen LogP contribution in [0.4, 0.5) is 5.69 Å². The summed E-state index contributed by atoms with van der Waals surface area (Å²) in [6, 6.07) is 6.77. The summed E-state index contributed by atoms with van der Waals surface area (Å²) in [6.45, 7) is 1.35. The minimum absolute atomic E-state index is 0.204. The number of guanidine groups is 1. The summed E-state index contributed by atoms with van der Waals surface area (Å²) < 4.78 is 4.86. The average molecular weight is 207 g/mol. The van der Waals surface area contributed by atoms with E-state index in [0.29, 0.717) is 5.75 Å². The quantitative estimate of drug-likeness (QED) is 0.294. The Bertz CT molecular complexity index is 359. The monoisotopic (exact) mass is 207 g/mol. The van der Waals surface area contributed by atoms with Gasteiger partial charge in [-0.05, 0) is 24.3 Å². The van der Waals surface area contributed by atoms with E-state index in [-0.39, 0.29) is 11.9 Å². The van der Waals surface area contributed by atoms with Crippen LogP contribution in [-0.4, -0.2) is 19.0 Å². The SMILES string of the molecule is CNC(=N)Nc1ccc(OC(C)=O)cc1. The number of nitrogens with one attached hydrogen (secondary N) is 3. The van der Waals surface area contributed by atoms with Crippen LogP contribution >= 0.6 is 0 Å². The van der Waals surface area contributed by atoms with Gasteiger partial charge in [-0.1, -0.05) is 0 Å². The van der Waals surface area contributed by atoms with E-state index in [9.17, 15) is 4.79 Å². The maximum Gasteiger partial charge on any atom is 0.308 e. The molecule has 0 aliphatic carbocycles. The summed E-state index contributed by atoms with van der Waals surface area (Å²) in [5.74, 6) is 0.345. The number of hydrogen-bond acceptors (Lipinski definition) is 3. The minimum Gasteiger partial charge on any atom is -0.427 e. The molecule has 15 heavy (non-hydrogen) atoms. The van der Waals surface area contributed by atoms with Crippen LogP contribution in [0.5, 0.6) is 5.75 Å². The Labute approximate surface area is 88.0 Å². The lowest BCUT2D eigenvalue weighted by molar-refractivity contribution is -0.131. The van der Waals surface area contributed by atoms with Gasteiger partial charge in [-0.15, -0.1) is 0 Å². The third-order valence-electron chi connectivity index (χ3n) is 1.64. The second-order valence-electron chi connectivity index (χ2n) is 2.87. The van der Waals surface area contributed by atoms with Crippen molar-refractivity contribution in [3.63, 3.8) is 0 Å². The highest BCUT2D eigenvalue weighted by molar-refractivity contribution is 5.90. The average Bonchev–Trinajstić information content (AvgIpc) is 2.20. The van der Waals surface area contributed by atoms with E-state index < -0.39 is 0 Å². The summed E-state index contributed by atoms with van der Waals surface area (Å²) in [7, 11) is 1.66. The maximum atomic E-state index is 10.6. The number of anilines is 1. The first kappa shape index (κ1) is 11.0. The fourth-order valence-corrected chi connectivity index (χ4v) is 0.979. The van der Waals surface area contributed by atoms with E-state index in [4.69, 9.17) is 10.1 Å². The molecule has 0 aliphatic heterocycles. The summed E-state index contributed by atoms with van der Waals surface area (Å²) in [5.41, 5.74) is 0.755. The topological polar surface area (TPSA) is 74.2 Å². The Morgan fingerprint density at radius 2 is 1.93 bits per heavy atom. The molecule has 0 aromatic heterocycles. The first-order valence-electron chi connectivity index (χ1n) is 4.43. The number of ether oxygens (including phenoxy) is 1. The molecule has 1 aromatic carbocycles. The molecule has 0 saturated heterocycles. The molecule has 5 nitrogen and oxygen atoms in total. The lowest BCUT2D eigenvalue weighted by Crippen LogP contribution is -2.25. The molecule has 0 atom stereocenters. The molecule has 0 radical (unpaired) electrons. The molecule has 5 heteroatoms. The van der Waals surface area contributed by atoms with Crippen molar-refractivity contribution in [2.45, 2.75) is 6.92 Å². The fraction of sp³-hybridized carbons (Fsp3) is 0.200. The Kier molecular flexibility index (Phi) is 3.68. The van der Waals surface area contributed by atoms with Crippen LogP contribution in [0.15, 0.2) is 24.3 Å². The van der Waals surface area contributed by atoms with Gasteiger partial charge in [0.15, 0.2) is 5.96 Å². The second-order valence-corrected chi connectivity index (χ2v) is 2.87. The van der Waals surface area contributed by atoms with Crippen LogP contribution in [0.2, 0.25) is 0 Å². The Hall–Kier alpha value is -2.04. The zero-order valence-electron chi connectivity index (χ0n) is 8.63. The minimum atomic E-state index is -0.348. The van der Waals surface area contributed by atoms with Gasteiger partial charge in [0, 0.05) is 19.7 Å². The summed E-state index contributed by atoms with van der Waals surface area (Å²) in [5, 5.41) is 12.8. The lowest BCUT2D eigenvalue weighted by atomic mass is 10.3. The Balaban J connectivity index is 2.64. The zero-order valence-corrected chi connectivity index (χ0v) is 8.63. The van der Waals surface area contributed by atoms with Crippen molar-refractivity contribution >= 4 is 17.6 Å². The third-order valence-corrected chi connectivity index (χ3v) is 1.64. The van der Waals surface area contributed by atoms with E-state index >= 15 is 0 Å². The van der Waals surface area contributed by atoms with Crippen molar-refractivity contribution in [3.8, 4) is 5.75 Å². The molecular weight excluding hydrogens is 194 g/mol. The first-order chi connectivity index (χ1) is 7.11. The van der Waals surface area contributed by atoms with Crippen molar-refractivity contribution < 1.29 is 9.53 Å². The van der Waals surface area contributed by atoms with Gasteiger partial charge >= 0.3 is 5.97 Å². The van der Waals surface area contributed by atoms with Crippen LogP contribution in [0.1, 0.15) is 6.92 Å². The predicted molar refractivity (Wildman–Crippen MR) is 58.2 cm³/mol. The van der Waals surface area contributed by atoms with Crippen molar-refractivity contribution in [1.29, 1.82) is 5.41 Å². The number of carbonyl (C=O) groups excluding carboxylic acids is 1. The van der Waals surface area contributed by atoms with Crippen LogP contribution in [0.25, 0.3) is 0 Å². The number of esters is 1. The maximum absolute atomic E-state index is 10.6. The van der Waals surface area contributed by atoms with Gasteiger partial charge in [-0.3, -0.25) is 10.2 Å². The molecule has 0 spiro atoms. The highest BCUT2D eigenvalue weighted by Gasteiger charge is 1.98. The van der Waals surface area contributed by atoms with Crippen molar-refractivity contribution in [2.75, 3.05) is 12.4 Å². The summed E-state index contributed by atoms with van der Waals surface area (Å²) in [6.07, 6.45) is 0. The molecule has 80 valence electrons. The highest BCUT2D eigenvalue weighted by Crippen LogP contribution is 2.15. The molecule has 0 amide bonds. The van der Waals surface area contributed by atoms with Gasteiger partial charge in [-0.2, -0.15) is 0 Å². The molecule has 0 unspecified atom stereocenters.